The van der Waals surface area contributed by atoms with E-state index in [4.69, 9.17) is 10.5 Å². The maximum atomic E-state index is 13.3. The number of imide groups is 1. The first kappa shape index (κ1) is 22.4. The van der Waals surface area contributed by atoms with Gasteiger partial charge >= 0.3 is 5.97 Å². The van der Waals surface area contributed by atoms with Gasteiger partial charge in [-0.15, -0.1) is 0 Å². The Morgan fingerprint density at radius 1 is 1.32 bits per heavy atom. The van der Waals surface area contributed by atoms with Gasteiger partial charge in [0.25, 0.3) is 11.8 Å². The molecule has 164 valence electrons. The third-order valence-corrected chi connectivity index (χ3v) is 5.26. The van der Waals surface area contributed by atoms with Crippen LogP contribution in [0, 0.1) is 0 Å². The predicted octanol–water partition coefficient (Wildman–Crippen LogP) is 0.399. The van der Waals surface area contributed by atoms with Gasteiger partial charge in [0.05, 0.1) is 7.11 Å². The number of benzene rings is 1. The summed E-state index contributed by atoms with van der Waals surface area (Å²) < 4.78 is 4.90. The number of nitrogens with one attached hydrogen (secondary N) is 1. The van der Waals surface area contributed by atoms with Crippen molar-refractivity contribution < 1.29 is 29.0 Å². The smallest absolute Gasteiger partial charge is 0.329 e. The highest BCUT2D eigenvalue weighted by atomic mass is 16.5. The minimum absolute atomic E-state index is 0.0236. The van der Waals surface area contributed by atoms with Crippen LogP contribution in [0.5, 0.6) is 0 Å². The molecule has 1 saturated heterocycles. The molecule has 1 fully saturated rings. The van der Waals surface area contributed by atoms with Gasteiger partial charge in [-0.05, 0) is 30.2 Å². The van der Waals surface area contributed by atoms with Crippen LogP contribution in [0.4, 0.5) is 0 Å². The third-order valence-electron chi connectivity index (χ3n) is 5.26. The zero-order valence-electron chi connectivity index (χ0n) is 17.1. The van der Waals surface area contributed by atoms with Crippen LogP contribution in [0.2, 0.25) is 0 Å². The first-order valence-electron chi connectivity index (χ1n) is 9.91. The summed E-state index contributed by atoms with van der Waals surface area (Å²) in [4.78, 5) is 51.8. The Kier molecular flexibility index (Phi) is 6.67. The molecule has 0 spiro atoms. The van der Waals surface area contributed by atoms with E-state index in [1.807, 2.05) is 0 Å². The standard InChI is InChI=1S/C22H25N3O6/c1-31-21(29)17(13-14-9-11-22(23,30)12-10-14)25(19(27)15-5-3-2-4-6-15)20(28)16-7-8-18(26)24-16/h2-6,9-11,16-17,30H,7-8,12-13,23H2,1H3,(H,24,26)/t16-,17-,22?/m0/s1. The molecule has 1 heterocycles. The lowest BCUT2D eigenvalue weighted by Gasteiger charge is -2.31. The molecular formula is C22H25N3O6. The molecule has 2 aliphatic rings. The summed E-state index contributed by atoms with van der Waals surface area (Å²) in [5, 5.41) is 12.4. The molecule has 0 bridgehead atoms. The zero-order valence-corrected chi connectivity index (χ0v) is 17.1. The van der Waals surface area contributed by atoms with Crippen LogP contribution in [0.1, 0.15) is 36.0 Å². The summed E-state index contributed by atoms with van der Waals surface area (Å²) >= 11 is 0. The molecule has 1 aliphatic carbocycles. The van der Waals surface area contributed by atoms with Crippen molar-refractivity contribution in [1.29, 1.82) is 0 Å². The van der Waals surface area contributed by atoms with Crippen molar-refractivity contribution in [2.24, 2.45) is 5.73 Å². The average molecular weight is 427 g/mol. The fourth-order valence-electron chi connectivity index (χ4n) is 3.55. The van der Waals surface area contributed by atoms with Gasteiger partial charge < -0.3 is 20.9 Å². The summed E-state index contributed by atoms with van der Waals surface area (Å²) in [6, 6.07) is 5.93. The van der Waals surface area contributed by atoms with Crippen LogP contribution in [-0.2, 0) is 19.1 Å². The molecule has 1 aliphatic heterocycles. The van der Waals surface area contributed by atoms with E-state index in [2.05, 4.69) is 5.32 Å². The molecule has 9 nitrogen and oxygen atoms in total. The second-order valence-corrected chi connectivity index (χ2v) is 7.59. The SMILES string of the molecule is COC(=O)[C@H](CC1=CCC(N)(O)C=C1)N(C(=O)c1ccccc1)C(=O)[C@@H]1CCC(=O)N1. The van der Waals surface area contributed by atoms with Crippen LogP contribution in [0.15, 0.2) is 54.1 Å². The van der Waals surface area contributed by atoms with E-state index < -0.39 is 35.6 Å². The second-order valence-electron chi connectivity index (χ2n) is 7.59. The van der Waals surface area contributed by atoms with Gasteiger partial charge in [0.1, 0.15) is 17.8 Å². The summed E-state index contributed by atoms with van der Waals surface area (Å²) in [5.74, 6) is -2.41. The van der Waals surface area contributed by atoms with Crippen LogP contribution >= 0.6 is 0 Å². The molecule has 9 heteroatoms. The van der Waals surface area contributed by atoms with Crippen molar-refractivity contribution in [2.45, 2.75) is 43.5 Å². The van der Waals surface area contributed by atoms with Gasteiger partial charge in [0.2, 0.25) is 5.91 Å². The molecular weight excluding hydrogens is 402 g/mol. The van der Waals surface area contributed by atoms with Gasteiger partial charge in [-0.2, -0.15) is 0 Å². The number of nitrogens with zero attached hydrogens (tertiary/aromatic N) is 1. The first-order valence-corrected chi connectivity index (χ1v) is 9.91. The topological polar surface area (TPSA) is 139 Å². The van der Waals surface area contributed by atoms with Gasteiger partial charge in [0.15, 0.2) is 0 Å². The van der Waals surface area contributed by atoms with Crippen LogP contribution in [0.25, 0.3) is 0 Å². The molecule has 3 atom stereocenters. The molecule has 1 aromatic rings. The van der Waals surface area contributed by atoms with Gasteiger partial charge in [-0.1, -0.05) is 30.4 Å². The van der Waals surface area contributed by atoms with Crippen molar-refractivity contribution >= 4 is 23.7 Å². The van der Waals surface area contributed by atoms with Crippen LogP contribution < -0.4 is 11.1 Å². The Bertz CT molecular complexity index is 938. The first-order chi connectivity index (χ1) is 14.7. The predicted molar refractivity (Wildman–Crippen MR) is 110 cm³/mol. The van der Waals surface area contributed by atoms with Crippen LogP contribution in [-0.4, -0.2) is 58.6 Å². The number of ether oxygens (including phenoxy) is 1. The van der Waals surface area contributed by atoms with E-state index in [1.54, 1.807) is 42.5 Å². The van der Waals surface area contributed by atoms with Crippen molar-refractivity contribution in [2.75, 3.05) is 7.11 Å². The zero-order chi connectivity index (χ0) is 22.6. The fourth-order valence-corrected chi connectivity index (χ4v) is 3.55. The Balaban J connectivity index is 1.96. The molecule has 4 N–H and O–H groups in total. The van der Waals surface area contributed by atoms with Gasteiger partial charge in [-0.3, -0.25) is 19.3 Å². The molecule has 3 rings (SSSR count). The van der Waals surface area contributed by atoms with Crippen molar-refractivity contribution in [3.63, 3.8) is 0 Å². The third kappa shape index (κ3) is 5.25. The van der Waals surface area contributed by atoms with Crippen LogP contribution in [0.3, 0.4) is 0 Å². The number of rotatable bonds is 6. The summed E-state index contributed by atoms with van der Waals surface area (Å²) in [6.07, 6.45) is 5.06. The number of amides is 3. The number of hydrogen-bond acceptors (Lipinski definition) is 7. The number of carbonyl (C=O) groups excluding carboxylic acids is 4. The highest BCUT2D eigenvalue weighted by Gasteiger charge is 2.41. The minimum Gasteiger partial charge on any atom is -0.467 e. The molecule has 3 amide bonds. The van der Waals surface area contributed by atoms with Crippen molar-refractivity contribution in [1.82, 2.24) is 10.2 Å². The Morgan fingerprint density at radius 3 is 2.58 bits per heavy atom. The number of esters is 1. The number of hydrogen-bond donors (Lipinski definition) is 3. The summed E-state index contributed by atoms with van der Waals surface area (Å²) in [5.41, 5.74) is 5.00. The average Bonchev–Trinajstić information content (AvgIpc) is 3.20. The molecule has 0 radical (unpaired) electrons. The lowest BCUT2D eigenvalue weighted by atomic mass is 9.94. The van der Waals surface area contributed by atoms with E-state index in [0.29, 0.717) is 5.57 Å². The van der Waals surface area contributed by atoms with Gasteiger partial charge in [-0.25, -0.2) is 4.79 Å². The summed E-state index contributed by atoms with van der Waals surface area (Å²) in [7, 11) is 1.17. The maximum Gasteiger partial charge on any atom is 0.329 e. The molecule has 0 aromatic heterocycles. The normalized spacial score (nSPS) is 23.5. The molecule has 0 saturated carbocycles. The number of methoxy groups -OCH3 is 1. The Labute approximate surface area is 179 Å². The van der Waals surface area contributed by atoms with E-state index in [0.717, 1.165) is 4.90 Å². The fraction of sp³-hybridized carbons (Fsp3) is 0.364. The van der Waals surface area contributed by atoms with E-state index in [1.165, 1.54) is 13.2 Å². The van der Waals surface area contributed by atoms with E-state index in [9.17, 15) is 24.3 Å². The lowest BCUT2D eigenvalue weighted by molar-refractivity contribution is -0.151. The molecule has 1 unspecified atom stereocenters. The Hall–Kier alpha value is -3.30. The highest BCUT2D eigenvalue weighted by Crippen LogP contribution is 2.24. The maximum absolute atomic E-state index is 13.3. The van der Waals surface area contributed by atoms with Crippen molar-refractivity contribution in [3.05, 3.63) is 59.7 Å². The largest absolute Gasteiger partial charge is 0.467 e. The molecule has 31 heavy (non-hydrogen) atoms. The number of aliphatic hydroxyl groups is 1. The molecule has 1 aromatic carbocycles. The minimum atomic E-state index is -1.49. The monoisotopic (exact) mass is 427 g/mol. The van der Waals surface area contributed by atoms with Crippen molar-refractivity contribution in [3.8, 4) is 0 Å². The summed E-state index contributed by atoms with van der Waals surface area (Å²) in [6.45, 7) is 0. The van der Waals surface area contributed by atoms with E-state index >= 15 is 0 Å². The number of carbonyl (C=O) groups is 4. The Morgan fingerprint density at radius 2 is 2.03 bits per heavy atom. The van der Waals surface area contributed by atoms with Gasteiger partial charge in [0, 0.05) is 24.8 Å². The quantitative estimate of drug-likeness (QED) is 0.339. The highest BCUT2D eigenvalue weighted by molar-refractivity contribution is 6.09. The second kappa shape index (κ2) is 9.23. The number of allylic oxidation sites excluding steroid dienone is 1. The lowest BCUT2D eigenvalue weighted by Crippen LogP contribution is -2.54. The van der Waals surface area contributed by atoms with E-state index in [-0.39, 0.29) is 37.2 Å². The number of nitrogens with two attached hydrogens (primary N) is 1.